The molecule has 0 aromatic heterocycles. The van der Waals surface area contributed by atoms with Crippen LogP contribution in [0.2, 0.25) is 0 Å². The van der Waals surface area contributed by atoms with E-state index in [9.17, 15) is 4.79 Å². The molecule has 2 rings (SSSR count). The van der Waals surface area contributed by atoms with Gasteiger partial charge in [0.05, 0.1) is 0 Å². The zero-order valence-corrected chi connectivity index (χ0v) is 14.6. The van der Waals surface area contributed by atoms with Crippen molar-refractivity contribution in [3.63, 3.8) is 0 Å². The minimum Gasteiger partial charge on any atom is -0.300 e. The molecule has 2 aromatic rings. The smallest absolute Gasteiger partial charge is 0.130 e. The predicted molar refractivity (Wildman–Crippen MR) is 98.0 cm³/mol. The first kappa shape index (κ1) is 17.5. The Balaban J connectivity index is 2.26. The summed E-state index contributed by atoms with van der Waals surface area (Å²) in [6.45, 7) is 6.08. The number of benzene rings is 2. The third kappa shape index (κ3) is 5.06. The predicted octanol–water partition coefficient (Wildman–Crippen LogP) is 5.70. The van der Waals surface area contributed by atoms with Gasteiger partial charge in [-0.1, -0.05) is 75.2 Å². The van der Waals surface area contributed by atoms with Crippen molar-refractivity contribution in [3.8, 4) is 0 Å². The van der Waals surface area contributed by atoms with Gasteiger partial charge >= 0.3 is 0 Å². The van der Waals surface area contributed by atoms with E-state index in [-0.39, 0.29) is 11.7 Å². The Morgan fingerprint density at radius 1 is 0.783 bits per heavy atom. The van der Waals surface area contributed by atoms with E-state index in [1.165, 1.54) is 22.3 Å². The van der Waals surface area contributed by atoms with Crippen LogP contribution in [0.4, 0.5) is 0 Å². The minimum absolute atomic E-state index is 0.166. The normalized spacial score (nSPS) is 11.0. The van der Waals surface area contributed by atoms with E-state index < -0.39 is 0 Å². The largest absolute Gasteiger partial charge is 0.300 e. The summed E-state index contributed by atoms with van der Waals surface area (Å²) in [5.74, 6) is 0.407. The fourth-order valence-corrected chi connectivity index (χ4v) is 3.13. The fourth-order valence-electron chi connectivity index (χ4n) is 3.13. The molecule has 0 aliphatic carbocycles. The second-order valence-corrected chi connectivity index (χ2v) is 6.44. The Morgan fingerprint density at radius 3 is 1.48 bits per heavy atom. The molecule has 0 bridgehead atoms. The number of ketones is 1. The minimum atomic E-state index is 0.166. The molecule has 122 valence electrons. The van der Waals surface area contributed by atoms with Crippen LogP contribution in [0.25, 0.3) is 0 Å². The Kier molecular flexibility index (Phi) is 6.58. The molecule has 0 atom stereocenters. The lowest BCUT2D eigenvalue weighted by atomic mass is 9.86. The van der Waals surface area contributed by atoms with Gasteiger partial charge in [0.1, 0.15) is 5.78 Å². The first-order chi connectivity index (χ1) is 11.1. The number of carbonyl (C=O) groups excluding carboxylic acids is 1. The van der Waals surface area contributed by atoms with E-state index >= 15 is 0 Å². The molecule has 0 aliphatic rings. The third-order valence-corrected chi connectivity index (χ3v) is 4.33. The van der Waals surface area contributed by atoms with E-state index in [0.29, 0.717) is 6.42 Å². The second kappa shape index (κ2) is 8.67. The molecule has 0 saturated heterocycles. The standard InChI is InChI=1S/C22H28O/c1-4-6-18-8-12-20(13-9-18)22(16-17(3)23)21-14-10-19(7-5-2)11-15-21/h8-15,22H,4-7,16H2,1-3H3. The van der Waals surface area contributed by atoms with Crippen molar-refractivity contribution in [3.05, 3.63) is 70.8 Å². The van der Waals surface area contributed by atoms with Crippen molar-refractivity contribution >= 4 is 5.78 Å². The van der Waals surface area contributed by atoms with Crippen LogP contribution in [-0.4, -0.2) is 5.78 Å². The van der Waals surface area contributed by atoms with Crippen molar-refractivity contribution in [2.45, 2.75) is 58.8 Å². The number of rotatable bonds is 8. The highest BCUT2D eigenvalue weighted by Gasteiger charge is 2.16. The zero-order valence-electron chi connectivity index (χ0n) is 14.6. The Morgan fingerprint density at radius 2 is 1.17 bits per heavy atom. The van der Waals surface area contributed by atoms with Gasteiger partial charge in [0.25, 0.3) is 0 Å². The van der Waals surface area contributed by atoms with Gasteiger partial charge in [0.2, 0.25) is 0 Å². The van der Waals surface area contributed by atoms with Crippen molar-refractivity contribution < 1.29 is 4.79 Å². The van der Waals surface area contributed by atoms with Crippen LogP contribution in [0.3, 0.4) is 0 Å². The fraction of sp³-hybridized carbons (Fsp3) is 0.409. The summed E-state index contributed by atoms with van der Waals surface area (Å²) >= 11 is 0. The maximum absolute atomic E-state index is 11.7. The highest BCUT2D eigenvalue weighted by atomic mass is 16.1. The van der Waals surface area contributed by atoms with E-state index in [2.05, 4.69) is 62.4 Å². The molecule has 0 fully saturated rings. The highest BCUT2D eigenvalue weighted by Crippen LogP contribution is 2.29. The summed E-state index contributed by atoms with van der Waals surface area (Å²) in [5, 5.41) is 0. The molecule has 1 nitrogen and oxygen atoms in total. The topological polar surface area (TPSA) is 17.1 Å². The quantitative estimate of drug-likeness (QED) is 0.611. The van der Waals surface area contributed by atoms with E-state index in [4.69, 9.17) is 0 Å². The number of Topliss-reactive ketones (excluding diaryl/α,β-unsaturated/α-hetero) is 1. The van der Waals surface area contributed by atoms with Gasteiger partial charge < -0.3 is 0 Å². The maximum Gasteiger partial charge on any atom is 0.130 e. The third-order valence-electron chi connectivity index (χ3n) is 4.33. The second-order valence-electron chi connectivity index (χ2n) is 6.44. The van der Waals surface area contributed by atoms with Gasteiger partial charge in [0, 0.05) is 12.3 Å². The Labute approximate surface area is 140 Å². The molecule has 0 N–H and O–H groups in total. The lowest BCUT2D eigenvalue weighted by Gasteiger charge is -2.18. The van der Waals surface area contributed by atoms with E-state index in [1.54, 1.807) is 6.92 Å². The molecule has 1 heteroatoms. The summed E-state index contributed by atoms with van der Waals surface area (Å²) in [7, 11) is 0. The Hall–Kier alpha value is -1.89. The van der Waals surface area contributed by atoms with Gasteiger partial charge in [-0.15, -0.1) is 0 Å². The highest BCUT2D eigenvalue weighted by molar-refractivity contribution is 5.77. The molecule has 0 spiro atoms. The summed E-state index contributed by atoms with van der Waals surface area (Å²) in [4.78, 5) is 11.7. The summed E-state index contributed by atoms with van der Waals surface area (Å²) in [5.41, 5.74) is 5.22. The first-order valence-electron chi connectivity index (χ1n) is 8.81. The number of hydrogen-bond acceptors (Lipinski definition) is 1. The summed E-state index contributed by atoms with van der Waals surface area (Å²) in [6, 6.07) is 17.6. The summed E-state index contributed by atoms with van der Waals surface area (Å²) in [6.07, 6.45) is 5.12. The van der Waals surface area contributed by atoms with Crippen molar-refractivity contribution in [1.29, 1.82) is 0 Å². The molecule has 0 saturated carbocycles. The average molecular weight is 308 g/mol. The van der Waals surface area contributed by atoms with Crippen LogP contribution >= 0.6 is 0 Å². The van der Waals surface area contributed by atoms with E-state index in [1.807, 2.05) is 0 Å². The van der Waals surface area contributed by atoms with Crippen LogP contribution < -0.4 is 0 Å². The molecular formula is C22H28O. The number of hydrogen-bond donors (Lipinski definition) is 0. The van der Waals surface area contributed by atoms with Gasteiger partial charge in [-0.3, -0.25) is 4.79 Å². The van der Waals surface area contributed by atoms with Crippen molar-refractivity contribution in [2.24, 2.45) is 0 Å². The molecule has 2 aromatic carbocycles. The SMILES string of the molecule is CCCc1ccc(C(CC(C)=O)c2ccc(CCC)cc2)cc1. The molecular weight excluding hydrogens is 280 g/mol. The van der Waals surface area contributed by atoms with Crippen LogP contribution in [0.15, 0.2) is 48.5 Å². The van der Waals surface area contributed by atoms with E-state index in [0.717, 1.165) is 25.7 Å². The monoisotopic (exact) mass is 308 g/mol. The van der Waals surface area contributed by atoms with Gasteiger partial charge in [-0.25, -0.2) is 0 Å². The first-order valence-corrected chi connectivity index (χ1v) is 8.81. The van der Waals surface area contributed by atoms with Crippen molar-refractivity contribution in [2.75, 3.05) is 0 Å². The van der Waals surface area contributed by atoms with Crippen LogP contribution in [0, 0.1) is 0 Å². The summed E-state index contributed by atoms with van der Waals surface area (Å²) < 4.78 is 0. The maximum atomic E-state index is 11.7. The van der Waals surface area contributed by atoms with Gasteiger partial charge in [-0.2, -0.15) is 0 Å². The number of aryl methyl sites for hydroxylation is 2. The van der Waals surface area contributed by atoms with Crippen LogP contribution in [-0.2, 0) is 17.6 Å². The van der Waals surface area contributed by atoms with Gasteiger partial charge in [-0.05, 0) is 42.0 Å². The zero-order chi connectivity index (χ0) is 16.7. The van der Waals surface area contributed by atoms with Gasteiger partial charge in [0.15, 0.2) is 0 Å². The van der Waals surface area contributed by atoms with Crippen molar-refractivity contribution in [1.82, 2.24) is 0 Å². The molecule has 0 radical (unpaired) electrons. The molecule has 23 heavy (non-hydrogen) atoms. The molecule has 0 unspecified atom stereocenters. The van der Waals surface area contributed by atoms with Crippen LogP contribution in [0.1, 0.15) is 68.2 Å². The average Bonchev–Trinajstić information content (AvgIpc) is 2.55. The number of carbonyl (C=O) groups is 1. The molecule has 0 aliphatic heterocycles. The molecule has 0 amide bonds. The lowest BCUT2D eigenvalue weighted by molar-refractivity contribution is -0.117. The lowest BCUT2D eigenvalue weighted by Crippen LogP contribution is -2.06. The molecule has 0 heterocycles. The Bertz CT molecular complexity index is 558. The van der Waals surface area contributed by atoms with Crippen LogP contribution in [0.5, 0.6) is 0 Å².